The minimum absolute atomic E-state index is 0.0402. The van der Waals surface area contributed by atoms with Gasteiger partial charge in [-0.1, -0.05) is 13.8 Å². The molecule has 1 aromatic rings. The molecule has 0 radical (unpaired) electrons. The van der Waals surface area contributed by atoms with Gasteiger partial charge in [0.05, 0.1) is 0 Å². The lowest BCUT2D eigenvalue weighted by Gasteiger charge is -2.25. The number of benzene rings is 1. The molecule has 4 heteroatoms. The van der Waals surface area contributed by atoms with E-state index in [0.717, 1.165) is 18.7 Å². The van der Waals surface area contributed by atoms with Gasteiger partial charge in [0.25, 0.3) is 0 Å². The highest BCUT2D eigenvalue weighted by Crippen LogP contribution is 2.12. The standard InChI is InChI=1S/C16H27N3O/c1-12(2)11-13(3)19(4)10-9-16(20)18-15-7-5-14(17)6-8-15/h5-8,12-13H,9-11,17H2,1-4H3,(H,18,20). The van der Waals surface area contributed by atoms with Crippen molar-refractivity contribution in [3.05, 3.63) is 24.3 Å². The van der Waals surface area contributed by atoms with E-state index >= 15 is 0 Å². The first kappa shape index (κ1) is 16.5. The van der Waals surface area contributed by atoms with Gasteiger partial charge in [0.1, 0.15) is 0 Å². The first-order valence-electron chi connectivity index (χ1n) is 7.24. The zero-order valence-electron chi connectivity index (χ0n) is 13.0. The van der Waals surface area contributed by atoms with Crippen molar-refractivity contribution in [2.45, 2.75) is 39.7 Å². The van der Waals surface area contributed by atoms with Gasteiger partial charge in [-0.15, -0.1) is 0 Å². The van der Waals surface area contributed by atoms with Crippen LogP contribution in [0.15, 0.2) is 24.3 Å². The molecule has 4 nitrogen and oxygen atoms in total. The second kappa shape index (κ2) is 7.90. The number of rotatable bonds is 7. The van der Waals surface area contributed by atoms with E-state index in [-0.39, 0.29) is 5.91 Å². The van der Waals surface area contributed by atoms with Crippen molar-refractivity contribution in [2.24, 2.45) is 5.92 Å². The van der Waals surface area contributed by atoms with E-state index in [1.54, 1.807) is 12.1 Å². The highest BCUT2D eigenvalue weighted by molar-refractivity contribution is 5.90. The third-order valence-corrected chi connectivity index (χ3v) is 3.45. The van der Waals surface area contributed by atoms with Gasteiger partial charge in [-0.3, -0.25) is 4.79 Å². The highest BCUT2D eigenvalue weighted by Gasteiger charge is 2.12. The summed E-state index contributed by atoms with van der Waals surface area (Å²) in [5.74, 6) is 0.717. The monoisotopic (exact) mass is 277 g/mol. The molecule has 0 saturated carbocycles. The molecule has 0 aliphatic heterocycles. The number of anilines is 2. The number of nitrogens with zero attached hydrogens (tertiary/aromatic N) is 1. The number of carbonyl (C=O) groups is 1. The van der Waals surface area contributed by atoms with E-state index in [0.29, 0.717) is 24.1 Å². The Bertz CT molecular complexity index is 414. The fourth-order valence-electron chi connectivity index (χ4n) is 2.15. The van der Waals surface area contributed by atoms with Gasteiger partial charge in [0.2, 0.25) is 5.91 Å². The molecular weight excluding hydrogens is 250 g/mol. The van der Waals surface area contributed by atoms with Gasteiger partial charge in [0, 0.05) is 30.4 Å². The molecule has 1 rings (SSSR count). The highest BCUT2D eigenvalue weighted by atomic mass is 16.1. The zero-order chi connectivity index (χ0) is 15.1. The van der Waals surface area contributed by atoms with Gasteiger partial charge in [-0.25, -0.2) is 0 Å². The third-order valence-electron chi connectivity index (χ3n) is 3.45. The quantitative estimate of drug-likeness (QED) is 0.753. The molecule has 20 heavy (non-hydrogen) atoms. The van der Waals surface area contributed by atoms with Crippen LogP contribution in [0, 0.1) is 5.92 Å². The summed E-state index contributed by atoms with van der Waals surface area (Å²) in [5.41, 5.74) is 7.10. The van der Waals surface area contributed by atoms with E-state index in [1.807, 2.05) is 12.1 Å². The Hall–Kier alpha value is -1.55. The summed E-state index contributed by atoms with van der Waals surface area (Å²) in [5, 5.41) is 2.88. The maximum absolute atomic E-state index is 11.9. The number of amides is 1. The summed E-state index contributed by atoms with van der Waals surface area (Å²) in [6, 6.07) is 7.70. The van der Waals surface area contributed by atoms with E-state index in [1.165, 1.54) is 0 Å². The maximum Gasteiger partial charge on any atom is 0.225 e. The van der Waals surface area contributed by atoms with Crippen LogP contribution in [0.2, 0.25) is 0 Å². The molecule has 0 fully saturated rings. The van der Waals surface area contributed by atoms with Crippen LogP contribution in [-0.2, 0) is 4.79 Å². The van der Waals surface area contributed by atoms with Gasteiger partial charge < -0.3 is 16.0 Å². The molecule has 0 saturated heterocycles. The minimum atomic E-state index is 0.0402. The Kier molecular flexibility index (Phi) is 6.52. The fourth-order valence-corrected chi connectivity index (χ4v) is 2.15. The first-order chi connectivity index (χ1) is 9.38. The molecule has 0 aromatic heterocycles. The molecule has 0 bridgehead atoms. The van der Waals surface area contributed by atoms with Crippen LogP contribution < -0.4 is 11.1 Å². The van der Waals surface area contributed by atoms with E-state index < -0.39 is 0 Å². The number of nitrogens with two attached hydrogens (primary N) is 1. The largest absolute Gasteiger partial charge is 0.399 e. The second-order valence-corrected chi connectivity index (χ2v) is 5.88. The van der Waals surface area contributed by atoms with E-state index in [9.17, 15) is 4.79 Å². The Morgan fingerprint density at radius 3 is 2.40 bits per heavy atom. The SMILES string of the molecule is CC(C)CC(C)N(C)CCC(=O)Nc1ccc(N)cc1. The molecule has 0 heterocycles. The van der Waals surface area contributed by atoms with Crippen LogP contribution in [0.1, 0.15) is 33.6 Å². The Balaban J connectivity index is 2.34. The summed E-state index contributed by atoms with van der Waals surface area (Å²) >= 11 is 0. The Morgan fingerprint density at radius 1 is 1.25 bits per heavy atom. The fraction of sp³-hybridized carbons (Fsp3) is 0.562. The smallest absolute Gasteiger partial charge is 0.225 e. The van der Waals surface area contributed by atoms with Crippen molar-refractivity contribution in [2.75, 3.05) is 24.6 Å². The van der Waals surface area contributed by atoms with Crippen molar-refractivity contribution in [1.82, 2.24) is 4.90 Å². The molecule has 1 amide bonds. The molecular formula is C16H27N3O. The van der Waals surface area contributed by atoms with Crippen molar-refractivity contribution >= 4 is 17.3 Å². The van der Waals surface area contributed by atoms with Crippen LogP contribution in [-0.4, -0.2) is 30.4 Å². The lowest BCUT2D eigenvalue weighted by molar-refractivity contribution is -0.116. The lowest BCUT2D eigenvalue weighted by Crippen LogP contribution is -2.33. The van der Waals surface area contributed by atoms with Crippen LogP contribution >= 0.6 is 0 Å². The molecule has 0 aliphatic rings. The third kappa shape index (κ3) is 6.06. The molecule has 1 unspecified atom stereocenters. The number of carbonyl (C=O) groups excluding carboxylic acids is 1. The summed E-state index contributed by atoms with van der Waals surface area (Å²) in [4.78, 5) is 14.1. The van der Waals surface area contributed by atoms with Gasteiger partial charge in [-0.05, 0) is 50.6 Å². The predicted molar refractivity (Wildman–Crippen MR) is 85.6 cm³/mol. The van der Waals surface area contributed by atoms with Gasteiger partial charge >= 0.3 is 0 Å². The summed E-state index contributed by atoms with van der Waals surface area (Å²) < 4.78 is 0. The Labute approximate surface area is 122 Å². The molecule has 1 aromatic carbocycles. The number of hydrogen-bond donors (Lipinski definition) is 2. The summed E-state index contributed by atoms with van der Waals surface area (Å²) in [7, 11) is 2.07. The molecule has 0 spiro atoms. The first-order valence-corrected chi connectivity index (χ1v) is 7.24. The maximum atomic E-state index is 11.9. The normalized spacial score (nSPS) is 12.7. The van der Waals surface area contributed by atoms with Gasteiger partial charge in [0.15, 0.2) is 0 Å². The predicted octanol–water partition coefficient (Wildman–Crippen LogP) is 2.96. The van der Waals surface area contributed by atoms with E-state index in [2.05, 4.69) is 38.0 Å². The average molecular weight is 277 g/mol. The molecule has 3 N–H and O–H groups in total. The van der Waals surface area contributed by atoms with Crippen LogP contribution in [0.4, 0.5) is 11.4 Å². The van der Waals surface area contributed by atoms with Crippen LogP contribution in [0.5, 0.6) is 0 Å². The van der Waals surface area contributed by atoms with Crippen LogP contribution in [0.3, 0.4) is 0 Å². The molecule has 1 atom stereocenters. The van der Waals surface area contributed by atoms with Crippen molar-refractivity contribution in [1.29, 1.82) is 0 Å². The number of nitrogens with one attached hydrogen (secondary N) is 1. The Morgan fingerprint density at radius 2 is 1.85 bits per heavy atom. The summed E-state index contributed by atoms with van der Waals surface area (Å²) in [6.07, 6.45) is 1.65. The summed E-state index contributed by atoms with van der Waals surface area (Å²) in [6.45, 7) is 7.42. The number of nitrogen functional groups attached to an aromatic ring is 1. The average Bonchev–Trinajstić information content (AvgIpc) is 2.38. The van der Waals surface area contributed by atoms with E-state index in [4.69, 9.17) is 5.73 Å². The van der Waals surface area contributed by atoms with Crippen LogP contribution in [0.25, 0.3) is 0 Å². The zero-order valence-corrected chi connectivity index (χ0v) is 13.0. The minimum Gasteiger partial charge on any atom is -0.399 e. The van der Waals surface area contributed by atoms with Crippen molar-refractivity contribution in [3.8, 4) is 0 Å². The topological polar surface area (TPSA) is 58.4 Å². The van der Waals surface area contributed by atoms with Crippen molar-refractivity contribution in [3.63, 3.8) is 0 Å². The number of hydrogen-bond acceptors (Lipinski definition) is 3. The lowest BCUT2D eigenvalue weighted by atomic mass is 10.0. The second-order valence-electron chi connectivity index (χ2n) is 5.88. The molecule has 0 aliphatic carbocycles. The van der Waals surface area contributed by atoms with Gasteiger partial charge in [-0.2, -0.15) is 0 Å². The van der Waals surface area contributed by atoms with Crippen molar-refractivity contribution < 1.29 is 4.79 Å². The molecule has 112 valence electrons.